The fourth-order valence-corrected chi connectivity index (χ4v) is 2.58. The zero-order chi connectivity index (χ0) is 12.3. The summed E-state index contributed by atoms with van der Waals surface area (Å²) >= 11 is 0. The van der Waals surface area contributed by atoms with Crippen molar-refractivity contribution in [1.82, 2.24) is 0 Å². The van der Waals surface area contributed by atoms with Crippen LogP contribution in [0.25, 0.3) is 0 Å². The van der Waals surface area contributed by atoms with Crippen molar-refractivity contribution >= 4 is 0 Å². The summed E-state index contributed by atoms with van der Waals surface area (Å²) in [5.74, 6) is 0.797. The first-order chi connectivity index (χ1) is 8.15. The van der Waals surface area contributed by atoms with Crippen molar-refractivity contribution < 1.29 is 9.84 Å². The van der Waals surface area contributed by atoms with Gasteiger partial charge in [0.05, 0.1) is 12.7 Å². The molecule has 94 valence electrons. The number of nitrogens with two attached hydrogens (primary N) is 1. The number of ether oxygens (including phenoxy) is 1. The smallest absolute Gasteiger partial charge is 0.119 e. The second-order valence-corrected chi connectivity index (χ2v) is 4.85. The van der Waals surface area contributed by atoms with Crippen molar-refractivity contribution in [2.24, 2.45) is 5.73 Å². The van der Waals surface area contributed by atoms with E-state index in [0.717, 1.165) is 37.0 Å². The van der Waals surface area contributed by atoms with Crippen LogP contribution in [0.5, 0.6) is 5.75 Å². The van der Waals surface area contributed by atoms with Crippen LogP contribution >= 0.6 is 0 Å². The van der Waals surface area contributed by atoms with Gasteiger partial charge in [0.2, 0.25) is 0 Å². The van der Waals surface area contributed by atoms with Gasteiger partial charge in [0.1, 0.15) is 5.75 Å². The Morgan fingerprint density at radius 1 is 1.41 bits per heavy atom. The Balaban J connectivity index is 2.18. The van der Waals surface area contributed by atoms with E-state index in [4.69, 9.17) is 10.5 Å². The summed E-state index contributed by atoms with van der Waals surface area (Å²) in [7, 11) is 0. The van der Waals surface area contributed by atoms with Gasteiger partial charge < -0.3 is 15.6 Å². The molecule has 1 aromatic carbocycles. The maximum absolute atomic E-state index is 10.4. The number of hydrogen-bond donors (Lipinski definition) is 2. The lowest BCUT2D eigenvalue weighted by Gasteiger charge is -2.30. The first-order valence-corrected chi connectivity index (χ1v) is 6.35. The van der Waals surface area contributed by atoms with Gasteiger partial charge in [-0.3, -0.25) is 0 Å². The van der Waals surface area contributed by atoms with E-state index in [1.165, 1.54) is 0 Å². The zero-order valence-corrected chi connectivity index (χ0v) is 10.4. The molecule has 0 aliphatic heterocycles. The summed E-state index contributed by atoms with van der Waals surface area (Å²) in [6.45, 7) is 2.58. The van der Waals surface area contributed by atoms with E-state index in [0.29, 0.717) is 6.61 Å². The van der Waals surface area contributed by atoms with E-state index in [9.17, 15) is 5.11 Å². The molecule has 0 amide bonds. The Labute approximate surface area is 103 Å². The van der Waals surface area contributed by atoms with Gasteiger partial charge in [-0.15, -0.1) is 0 Å². The quantitative estimate of drug-likeness (QED) is 0.842. The summed E-state index contributed by atoms with van der Waals surface area (Å²) in [4.78, 5) is 0. The molecule has 3 N–H and O–H groups in total. The van der Waals surface area contributed by atoms with Crippen molar-refractivity contribution in [3.8, 4) is 5.75 Å². The second kappa shape index (κ2) is 5.07. The lowest BCUT2D eigenvalue weighted by molar-refractivity contribution is 0.0869. The second-order valence-electron chi connectivity index (χ2n) is 4.85. The normalized spacial score (nSPS) is 20.2. The van der Waals surface area contributed by atoms with Crippen LogP contribution < -0.4 is 10.5 Å². The first-order valence-electron chi connectivity index (χ1n) is 6.35. The summed E-state index contributed by atoms with van der Waals surface area (Å²) in [6.07, 6.45) is 3.42. The molecule has 1 atom stereocenters. The third-order valence-corrected chi connectivity index (χ3v) is 3.56. The van der Waals surface area contributed by atoms with Crippen molar-refractivity contribution in [3.63, 3.8) is 0 Å². The Bertz CT molecular complexity index is 372. The number of rotatable bonds is 4. The predicted octanol–water partition coefficient (Wildman–Crippen LogP) is 2.39. The molecule has 3 nitrogen and oxygen atoms in total. The summed E-state index contributed by atoms with van der Waals surface area (Å²) < 4.78 is 5.44. The number of aliphatic hydroxyl groups excluding tert-OH is 1. The largest absolute Gasteiger partial charge is 0.494 e. The van der Waals surface area contributed by atoms with Crippen LogP contribution in [0, 0.1) is 0 Å². The fraction of sp³-hybridized carbons (Fsp3) is 0.571. The van der Waals surface area contributed by atoms with E-state index in [1.54, 1.807) is 0 Å². The summed E-state index contributed by atoms with van der Waals surface area (Å²) in [6, 6.07) is 7.61. The first kappa shape index (κ1) is 12.4. The summed E-state index contributed by atoms with van der Waals surface area (Å²) in [5, 5.41) is 10.4. The molecule has 3 heteroatoms. The van der Waals surface area contributed by atoms with Crippen LogP contribution in [0.2, 0.25) is 0 Å². The minimum absolute atomic E-state index is 0.454. The molecule has 1 saturated carbocycles. The molecule has 1 aliphatic rings. The predicted molar refractivity (Wildman–Crippen MR) is 68.0 cm³/mol. The number of aliphatic hydroxyl groups is 1. The third kappa shape index (κ3) is 2.61. The highest BCUT2D eigenvalue weighted by atomic mass is 16.5. The average molecular weight is 235 g/mol. The van der Waals surface area contributed by atoms with Gasteiger partial charge in [-0.25, -0.2) is 0 Å². The van der Waals surface area contributed by atoms with E-state index in [2.05, 4.69) is 0 Å². The van der Waals surface area contributed by atoms with Crippen LogP contribution in [-0.4, -0.2) is 17.3 Å². The number of hydrogen-bond acceptors (Lipinski definition) is 3. The van der Waals surface area contributed by atoms with Gasteiger partial charge in [0, 0.05) is 5.54 Å². The monoisotopic (exact) mass is 235 g/mol. The van der Waals surface area contributed by atoms with Crippen molar-refractivity contribution in [2.75, 3.05) is 6.61 Å². The minimum Gasteiger partial charge on any atom is -0.494 e. The van der Waals surface area contributed by atoms with E-state index in [1.807, 2.05) is 31.2 Å². The Morgan fingerprint density at radius 3 is 2.76 bits per heavy atom. The van der Waals surface area contributed by atoms with E-state index in [-0.39, 0.29) is 0 Å². The maximum Gasteiger partial charge on any atom is 0.119 e. The van der Waals surface area contributed by atoms with Gasteiger partial charge in [-0.2, -0.15) is 0 Å². The van der Waals surface area contributed by atoms with Crippen LogP contribution in [0.3, 0.4) is 0 Å². The molecule has 0 aromatic heterocycles. The lowest BCUT2D eigenvalue weighted by Crippen LogP contribution is -2.42. The lowest BCUT2D eigenvalue weighted by atomic mass is 9.87. The molecule has 1 unspecified atom stereocenters. The van der Waals surface area contributed by atoms with E-state index < -0.39 is 11.6 Å². The van der Waals surface area contributed by atoms with Crippen LogP contribution in [0.4, 0.5) is 0 Å². The third-order valence-electron chi connectivity index (χ3n) is 3.56. The van der Waals surface area contributed by atoms with Crippen molar-refractivity contribution in [3.05, 3.63) is 29.8 Å². The molecule has 0 heterocycles. The molecule has 2 rings (SSSR count). The average Bonchev–Trinajstić information content (AvgIpc) is 2.77. The Morgan fingerprint density at radius 2 is 2.12 bits per heavy atom. The topological polar surface area (TPSA) is 55.5 Å². The van der Waals surface area contributed by atoms with Crippen molar-refractivity contribution in [2.45, 2.75) is 44.2 Å². The SMILES string of the molecule is CCOc1cccc(C(O)C2(N)CCCC2)c1. The molecule has 17 heavy (non-hydrogen) atoms. The Hall–Kier alpha value is -1.06. The molecule has 0 spiro atoms. The van der Waals surface area contributed by atoms with Crippen LogP contribution in [0.15, 0.2) is 24.3 Å². The van der Waals surface area contributed by atoms with Gasteiger partial charge in [-0.1, -0.05) is 25.0 Å². The van der Waals surface area contributed by atoms with Crippen LogP contribution in [-0.2, 0) is 0 Å². The maximum atomic E-state index is 10.4. The highest BCUT2D eigenvalue weighted by molar-refractivity contribution is 5.31. The Kier molecular flexibility index (Phi) is 3.69. The molecular weight excluding hydrogens is 214 g/mol. The van der Waals surface area contributed by atoms with Crippen molar-refractivity contribution in [1.29, 1.82) is 0 Å². The van der Waals surface area contributed by atoms with Gasteiger partial charge >= 0.3 is 0 Å². The van der Waals surface area contributed by atoms with E-state index >= 15 is 0 Å². The van der Waals surface area contributed by atoms with Gasteiger partial charge in [0.25, 0.3) is 0 Å². The fourth-order valence-electron chi connectivity index (χ4n) is 2.58. The standard InChI is InChI=1S/C14H21NO2/c1-2-17-12-7-5-6-11(10-12)13(16)14(15)8-3-4-9-14/h5-7,10,13,16H,2-4,8-9,15H2,1H3. The zero-order valence-electron chi connectivity index (χ0n) is 10.4. The molecule has 1 aromatic rings. The molecule has 0 saturated heterocycles. The minimum atomic E-state index is -0.592. The molecule has 1 aliphatic carbocycles. The molecule has 1 fully saturated rings. The molecule has 0 radical (unpaired) electrons. The molecule has 0 bridgehead atoms. The highest BCUT2D eigenvalue weighted by Crippen LogP contribution is 2.38. The number of benzene rings is 1. The highest BCUT2D eigenvalue weighted by Gasteiger charge is 2.37. The molecular formula is C14H21NO2. The summed E-state index contributed by atoms with van der Waals surface area (Å²) in [5.41, 5.74) is 6.68. The van der Waals surface area contributed by atoms with Gasteiger partial charge in [-0.05, 0) is 37.5 Å². The van der Waals surface area contributed by atoms with Crippen LogP contribution in [0.1, 0.15) is 44.3 Å². The van der Waals surface area contributed by atoms with Gasteiger partial charge in [0.15, 0.2) is 0 Å².